The molecule has 6 heteroatoms. The van der Waals surface area contributed by atoms with Crippen LogP contribution < -0.4 is 4.90 Å². The van der Waals surface area contributed by atoms with Gasteiger partial charge in [0.25, 0.3) is 0 Å². The highest BCUT2D eigenvalue weighted by atomic mass is 16.2. The molecule has 0 unspecified atom stereocenters. The van der Waals surface area contributed by atoms with Gasteiger partial charge in [0, 0.05) is 50.7 Å². The number of hydrogen-bond donors (Lipinski definition) is 0. The van der Waals surface area contributed by atoms with Crippen LogP contribution in [-0.4, -0.2) is 60.2 Å². The molecule has 1 atom stereocenters. The van der Waals surface area contributed by atoms with E-state index in [9.17, 15) is 14.4 Å². The molecule has 2 aliphatic rings. The van der Waals surface area contributed by atoms with Crippen LogP contribution in [0.3, 0.4) is 0 Å². The van der Waals surface area contributed by atoms with Gasteiger partial charge in [0.2, 0.25) is 17.7 Å². The van der Waals surface area contributed by atoms with Crippen LogP contribution >= 0.6 is 0 Å². The first kappa shape index (κ1) is 21.8. The minimum atomic E-state index is -0.316. The van der Waals surface area contributed by atoms with Gasteiger partial charge in [0.1, 0.15) is 0 Å². The van der Waals surface area contributed by atoms with Crippen LogP contribution in [0, 0.1) is 18.8 Å². The van der Waals surface area contributed by atoms with Crippen LogP contribution in [0.2, 0.25) is 0 Å². The quantitative estimate of drug-likeness (QED) is 0.651. The summed E-state index contributed by atoms with van der Waals surface area (Å²) in [6.45, 7) is 12.0. The molecule has 2 aliphatic heterocycles. The van der Waals surface area contributed by atoms with Crippen molar-refractivity contribution in [3.63, 3.8) is 0 Å². The number of anilines is 1. The number of likely N-dealkylation sites (tertiary alicyclic amines) is 1. The summed E-state index contributed by atoms with van der Waals surface area (Å²) in [5.41, 5.74) is 1.98. The van der Waals surface area contributed by atoms with Gasteiger partial charge in [-0.25, -0.2) is 0 Å². The van der Waals surface area contributed by atoms with Crippen molar-refractivity contribution in [1.82, 2.24) is 9.80 Å². The van der Waals surface area contributed by atoms with Crippen molar-refractivity contribution in [3.05, 3.63) is 55.1 Å². The van der Waals surface area contributed by atoms with Crippen molar-refractivity contribution in [1.29, 1.82) is 0 Å². The summed E-state index contributed by atoms with van der Waals surface area (Å²) < 4.78 is 0. The molecule has 2 fully saturated rings. The third kappa shape index (κ3) is 4.81. The van der Waals surface area contributed by atoms with Crippen LogP contribution in [-0.2, 0) is 14.4 Å². The Labute approximate surface area is 178 Å². The second-order valence-electron chi connectivity index (χ2n) is 8.16. The van der Waals surface area contributed by atoms with Gasteiger partial charge in [-0.2, -0.15) is 0 Å². The number of nitrogens with zero attached hydrogens (tertiary/aromatic N) is 3. The number of carbonyl (C=O) groups excluding carboxylic acids is 3. The van der Waals surface area contributed by atoms with Crippen LogP contribution in [0.4, 0.5) is 5.69 Å². The molecule has 0 radical (unpaired) electrons. The first-order valence-corrected chi connectivity index (χ1v) is 10.6. The molecule has 0 spiro atoms. The lowest BCUT2D eigenvalue weighted by atomic mass is 9.94. The van der Waals surface area contributed by atoms with Gasteiger partial charge in [0.15, 0.2) is 0 Å². The van der Waals surface area contributed by atoms with Crippen LogP contribution in [0.5, 0.6) is 0 Å². The first-order valence-electron chi connectivity index (χ1n) is 10.6. The van der Waals surface area contributed by atoms with Gasteiger partial charge >= 0.3 is 0 Å². The zero-order chi connectivity index (χ0) is 21.7. The SMILES string of the molecule is C=CCN(CC=C)C(=O)C1CCN(C(=O)[C@@H]2CC(=O)N(c3ccc(C)cc3)C2)CC1. The van der Waals surface area contributed by atoms with Gasteiger partial charge in [0.05, 0.1) is 5.92 Å². The van der Waals surface area contributed by atoms with Crippen molar-refractivity contribution >= 4 is 23.4 Å². The number of rotatable bonds is 7. The lowest BCUT2D eigenvalue weighted by Gasteiger charge is -2.35. The topological polar surface area (TPSA) is 60.9 Å². The van der Waals surface area contributed by atoms with Gasteiger partial charge in [-0.3, -0.25) is 14.4 Å². The summed E-state index contributed by atoms with van der Waals surface area (Å²) in [7, 11) is 0. The average molecular weight is 410 g/mol. The Morgan fingerprint density at radius 1 is 1.07 bits per heavy atom. The Kier molecular flexibility index (Phi) is 7.08. The van der Waals surface area contributed by atoms with E-state index >= 15 is 0 Å². The third-order valence-corrected chi connectivity index (χ3v) is 5.99. The molecule has 2 heterocycles. The highest BCUT2D eigenvalue weighted by Gasteiger charge is 2.39. The van der Waals surface area contributed by atoms with E-state index in [4.69, 9.17) is 0 Å². The van der Waals surface area contributed by atoms with E-state index in [2.05, 4.69) is 13.2 Å². The number of carbonyl (C=O) groups is 3. The molecule has 30 heavy (non-hydrogen) atoms. The molecular formula is C24H31N3O3. The molecule has 0 N–H and O–H groups in total. The van der Waals surface area contributed by atoms with Crippen molar-refractivity contribution in [2.45, 2.75) is 26.2 Å². The molecule has 0 aliphatic carbocycles. The maximum Gasteiger partial charge on any atom is 0.228 e. The summed E-state index contributed by atoms with van der Waals surface area (Å²) in [5, 5.41) is 0. The Bertz CT molecular complexity index is 799. The van der Waals surface area contributed by atoms with E-state index in [-0.39, 0.29) is 36.0 Å². The Morgan fingerprint density at radius 2 is 1.67 bits per heavy atom. The second kappa shape index (κ2) is 9.74. The van der Waals surface area contributed by atoms with E-state index in [1.165, 1.54) is 0 Å². The molecule has 1 aromatic carbocycles. The molecule has 0 aromatic heterocycles. The minimum Gasteiger partial charge on any atom is -0.342 e. The van der Waals surface area contributed by atoms with Crippen molar-refractivity contribution < 1.29 is 14.4 Å². The van der Waals surface area contributed by atoms with E-state index in [0.29, 0.717) is 45.6 Å². The number of aryl methyl sites for hydroxylation is 1. The molecule has 3 rings (SSSR count). The zero-order valence-electron chi connectivity index (χ0n) is 17.8. The van der Waals surface area contributed by atoms with Crippen molar-refractivity contribution in [2.75, 3.05) is 37.6 Å². The molecule has 160 valence electrons. The van der Waals surface area contributed by atoms with Crippen molar-refractivity contribution in [2.24, 2.45) is 11.8 Å². The van der Waals surface area contributed by atoms with E-state index in [1.807, 2.05) is 36.1 Å². The molecule has 0 bridgehead atoms. The normalized spacial score (nSPS) is 19.6. The third-order valence-electron chi connectivity index (χ3n) is 5.99. The first-order chi connectivity index (χ1) is 14.4. The number of hydrogen-bond acceptors (Lipinski definition) is 3. The predicted octanol–water partition coefficient (Wildman–Crippen LogP) is 2.79. The number of piperidine rings is 1. The highest BCUT2D eigenvalue weighted by molar-refractivity contribution is 6.00. The Balaban J connectivity index is 1.56. The largest absolute Gasteiger partial charge is 0.342 e. The molecule has 0 saturated carbocycles. The molecular weight excluding hydrogens is 378 g/mol. The molecule has 6 nitrogen and oxygen atoms in total. The fourth-order valence-electron chi connectivity index (χ4n) is 4.28. The summed E-state index contributed by atoms with van der Waals surface area (Å²) in [6, 6.07) is 7.80. The predicted molar refractivity (Wildman–Crippen MR) is 118 cm³/mol. The van der Waals surface area contributed by atoms with Crippen LogP contribution in [0.1, 0.15) is 24.8 Å². The lowest BCUT2D eigenvalue weighted by molar-refractivity contribution is -0.142. The average Bonchev–Trinajstić information content (AvgIpc) is 3.15. The fraction of sp³-hybridized carbons (Fsp3) is 0.458. The second-order valence-corrected chi connectivity index (χ2v) is 8.16. The summed E-state index contributed by atoms with van der Waals surface area (Å²) in [4.78, 5) is 43.5. The highest BCUT2D eigenvalue weighted by Crippen LogP contribution is 2.28. The lowest BCUT2D eigenvalue weighted by Crippen LogP contribution is -2.46. The maximum absolute atomic E-state index is 13.0. The summed E-state index contributed by atoms with van der Waals surface area (Å²) in [6.07, 6.45) is 4.99. The summed E-state index contributed by atoms with van der Waals surface area (Å²) in [5.74, 6) is -0.277. The number of benzene rings is 1. The molecule has 1 aromatic rings. The maximum atomic E-state index is 13.0. The van der Waals surface area contributed by atoms with E-state index in [1.54, 1.807) is 22.0 Å². The Hall–Kier alpha value is -2.89. The van der Waals surface area contributed by atoms with Crippen LogP contribution in [0.15, 0.2) is 49.6 Å². The summed E-state index contributed by atoms with van der Waals surface area (Å²) >= 11 is 0. The number of amides is 3. The zero-order valence-corrected chi connectivity index (χ0v) is 17.8. The monoisotopic (exact) mass is 409 g/mol. The molecule has 2 saturated heterocycles. The minimum absolute atomic E-state index is 0.00763. The van der Waals surface area contributed by atoms with Gasteiger partial charge in [-0.05, 0) is 31.9 Å². The molecule has 3 amide bonds. The van der Waals surface area contributed by atoms with Gasteiger partial charge in [-0.1, -0.05) is 29.8 Å². The fourth-order valence-corrected chi connectivity index (χ4v) is 4.28. The van der Waals surface area contributed by atoms with E-state index in [0.717, 1.165) is 11.3 Å². The van der Waals surface area contributed by atoms with Crippen molar-refractivity contribution in [3.8, 4) is 0 Å². The standard InChI is InChI=1S/C24H31N3O3/c1-4-12-25(13-5-2)23(29)19-10-14-26(15-11-19)24(30)20-16-22(28)27(17-20)21-8-6-18(3)7-9-21/h4-9,19-20H,1-2,10-17H2,3H3/t20-/m1/s1. The van der Waals surface area contributed by atoms with Gasteiger partial charge in [-0.15, -0.1) is 13.2 Å². The Morgan fingerprint density at radius 3 is 2.23 bits per heavy atom. The van der Waals surface area contributed by atoms with Gasteiger partial charge < -0.3 is 14.7 Å². The smallest absolute Gasteiger partial charge is 0.228 e. The van der Waals surface area contributed by atoms with Crippen LogP contribution in [0.25, 0.3) is 0 Å². The van der Waals surface area contributed by atoms with E-state index < -0.39 is 0 Å².